The molecule has 0 fully saturated rings. The Morgan fingerprint density at radius 2 is 0.394 bits per heavy atom. The lowest BCUT2D eigenvalue weighted by atomic mass is 10.0. The van der Waals surface area contributed by atoms with Gasteiger partial charge >= 0.3 is 33.6 Å². The summed E-state index contributed by atoms with van der Waals surface area (Å²) in [6.07, 6.45) is 136. The minimum atomic E-state index is -4.96. The number of unbranched alkanes of at least 4 members (excludes halogenated alkanes) is 34. The Bertz CT molecular complexity index is 3190. The van der Waals surface area contributed by atoms with Gasteiger partial charge in [-0.1, -0.05) is 419 Å². The highest BCUT2D eigenvalue weighted by Crippen LogP contribution is 2.45. The monoisotopic (exact) mass is 1810 g/mol. The number of aliphatic hydroxyl groups is 2. The van der Waals surface area contributed by atoms with Crippen molar-refractivity contribution in [2.75, 3.05) is 39.6 Å². The van der Waals surface area contributed by atoms with Crippen molar-refractivity contribution in [3.05, 3.63) is 219 Å². The minimum absolute atomic E-state index is 0.0869. The van der Waals surface area contributed by atoms with E-state index in [9.17, 15) is 43.5 Å². The smallest absolute Gasteiger partial charge is 0.463 e. The molecule has 0 aromatic rings. The molecule has 0 rings (SSSR count). The van der Waals surface area contributed by atoms with Gasteiger partial charge in [0.25, 0.3) is 0 Å². The van der Waals surface area contributed by atoms with E-state index in [1.54, 1.807) is 0 Å². The van der Waals surface area contributed by atoms with Crippen LogP contribution in [0.15, 0.2) is 219 Å². The molecule has 0 aliphatic rings. The van der Waals surface area contributed by atoms with Crippen LogP contribution in [0.5, 0.6) is 0 Å². The van der Waals surface area contributed by atoms with Crippen LogP contribution < -0.4 is 0 Å². The van der Waals surface area contributed by atoms with Crippen molar-refractivity contribution in [1.82, 2.24) is 0 Å². The Labute approximate surface area is 774 Å². The number of allylic oxidation sites excluding steroid dienone is 36. The molecule has 0 heterocycles. The van der Waals surface area contributed by atoms with E-state index in [0.717, 1.165) is 225 Å². The average Bonchev–Trinajstić information content (AvgIpc) is 0.899. The van der Waals surface area contributed by atoms with Crippen LogP contribution in [0.25, 0.3) is 0 Å². The van der Waals surface area contributed by atoms with Crippen molar-refractivity contribution in [2.24, 2.45) is 0 Å². The predicted octanol–water partition coefficient (Wildman–Crippen LogP) is 31.7. The van der Waals surface area contributed by atoms with E-state index in [1.165, 1.54) is 109 Å². The van der Waals surface area contributed by atoms with E-state index in [-0.39, 0.29) is 19.3 Å². The van der Waals surface area contributed by atoms with Crippen molar-refractivity contribution in [1.29, 1.82) is 0 Å². The van der Waals surface area contributed by atoms with Gasteiger partial charge in [-0.05, 0) is 173 Å². The van der Waals surface area contributed by atoms with Gasteiger partial charge in [0.1, 0.15) is 25.4 Å². The third kappa shape index (κ3) is 100. The molecule has 722 valence electrons. The number of ether oxygens (including phenoxy) is 3. The number of esters is 3. The van der Waals surface area contributed by atoms with Crippen molar-refractivity contribution in [3.8, 4) is 0 Å². The molecule has 127 heavy (non-hydrogen) atoms. The van der Waals surface area contributed by atoms with Crippen LogP contribution in [-0.2, 0) is 55.8 Å². The largest absolute Gasteiger partial charge is 0.472 e. The minimum Gasteiger partial charge on any atom is -0.463 e. The fraction of sp³-hybridized carbons (Fsp3) is 0.642. The van der Waals surface area contributed by atoms with Gasteiger partial charge in [0, 0.05) is 19.3 Å². The molecule has 0 spiro atoms. The van der Waals surface area contributed by atoms with Crippen LogP contribution in [0.2, 0.25) is 0 Å². The summed E-state index contributed by atoms with van der Waals surface area (Å²) in [5.41, 5.74) is 0. The molecule has 0 bridgehead atoms. The first-order valence-electron chi connectivity index (χ1n) is 50.0. The first-order chi connectivity index (χ1) is 62.2. The van der Waals surface area contributed by atoms with E-state index in [4.69, 9.17) is 32.3 Å². The maximum atomic E-state index is 13.1. The number of phosphoric ester groups is 2. The summed E-state index contributed by atoms with van der Waals surface area (Å²) in [6.45, 7) is 2.37. The lowest BCUT2D eigenvalue weighted by Gasteiger charge is -2.21. The van der Waals surface area contributed by atoms with Crippen molar-refractivity contribution in [2.45, 2.75) is 411 Å². The van der Waals surface area contributed by atoms with E-state index in [2.05, 4.69) is 240 Å². The Balaban J connectivity index is 4.65. The Morgan fingerprint density at radius 3 is 0.622 bits per heavy atom. The summed E-state index contributed by atoms with van der Waals surface area (Å²) in [7, 11) is -9.83. The van der Waals surface area contributed by atoms with Gasteiger partial charge in [-0.2, -0.15) is 0 Å². The SMILES string of the molecule is CC/C=C\C/C=C\C/C=C\C/C=C\C/C=C\C/C=C\CCCCCCCCCCCCCCCCC(=O)OCC(O)COP(=O)(O)OCC(O)COP(=O)(O)OCC(COC(=O)CCCCCCCCCCCCCC/C=C\C/C=C\C/C=C\C/C=C\C/C=C\C/C=C\CC)OC(=O)CCCCCCCCCC/C=C\C/C=C\C/C=C\C/C=C\C/C=C\C/C=C\CC. The second-order valence-electron chi connectivity index (χ2n) is 32.8. The van der Waals surface area contributed by atoms with Gasteiger partial charge < -0.3 is 34.2 Å². The van der Waals surface area contributed by atoms with E-state index in [1.807, 2.05) is 0 Å². The second kappa shape index (κ2) is 98.9. The fourth-order valence-corrected chi connectivity index (χ4v) is 14.8. The number of phosphoric acid groups is 2. The van der Waals surface area contributed by atoms with Gasteiger partial charge in [-0.3, -0.25) is 32.5 Å². The normalized spacial score (nSPS) is 14.6. The first-order valence-corrected chi connectivity index (χ1v) is 53.0. The zero-order chi connectivity index (χ0) is 92.1. The van der Waals surface area contributed by atoms with Crippen molar-refractivity contribution < 1.29 is 75.8 Å². The highest BCUT2D eigenvalue weighted by atomic mass is 31.2. The molecule has 0 saturated carbocycles. The third-order valence-electron chi connectivity index (χ3n) is 20.7. The van der Waals surface area contributed by atoms with Crippen LogP contribution in [0.3, 0.4) is 0 Å². The Hall–Kier alpha value is -6.13. The van der Waals surface area contributed by atoms with Crippen LogP contribution in [0.1, 0.15) is 393 Å². The molecule has 16 nitrogen and oxygen atoms in total. The Kier molecular flexibility index (Phi) is 94.1. The predicted molar refractivity (Wildman–Crippen MR) is 537 cm³/mol. The average molecular weight is 1810 g/mol. The standard InChI is InChI=1S/C109H180O16P2/c1-4-7-10-13-16-19-22-25-28-31-34-37-40-43-46-48-50-51-53-55-57-59-62-65-68-71-74-77-80-83-86-89-92-95-107(112)119-98-104(110)99-121-126(115,116)122-100-105(111)101-123-127(117,118)124-103-106(125-109(114)97-94-91-88-85-82-79-76-73-70-67-64-61-56-45-42-39-36-33-30-27-24-21-18-15-12-9-6-3)102-120-108(113)96-93-90-87-84-81-78-75-72-69-66-63-60-58-54-52-49-47-44-41-38-35-32-29-26-23-20-17-14-11-8-5-2/h7-12,16-21,25-30,34-39,43-47,50-52,54,56,64,67,104-106,110-111H,4-6,13-15,22-24,31-33,40-42,48-49,53,55,57-63,65-66,68-103H2,1-3H3,(H,115,116)(H,117,118)/b10-7-,11-8-,12-9-,19-16-,20-17-,21-18-,28-25-,29-26-,30-27-,37-34-,38-35-,39-36-,46-43-,47-44-,51-50-,54-52-,56-45-,67-64-. The molecule has 5 atom stereocenters. The van der Waals surface area contributed by atoms with Gasteiger partial charge in [-0.25, -0.2) is 9.13 Å². The van der Waals surface area contributed by atoms with Crippen molar-refractivity contribution >= 4 is 33.6 Å². The summed E-state index contributed by atoms with van der Waals surface area (Å²) in [4.78, 5) is 59.2. The number of rotatable bonds is 93. The topological polar surface area (TPSA) is 231 Å². The van der Waals surface area contributed by atoms with Crippen molar-refractivity contribution in [3.63, 3.8) is 0 Å². The molecule has 0 aromatic carbocycles. The number of carbonyl (C=O) groups excluding carboxylic acids is 3. The quantitative estimate of drug-likeness (QED) is 0.0146. The molecule has 18 heteroatoms. The van der Waals surface area contributed by atoms with Crippen LogP contribution in [0.4, 0.5) is 0 Å². The lowest BCUT2D eigenvalue weighted by Crippen LogP contribution is -2.30. The fourth-order valence-electron chi connectivity index (χ4n) is 13.2. The summed E-state index contributed by atoms with van der Waals surface area (Å²) in [6, 6.07) is 0. The van der Waals surface area contributed by atoms with Gasteiger partial charge in [0.05, 0.1) is 26.4 Å². The summed E-state index contributed by atoms with van der Waals surface area (Å²) in [5.74, 6) is -1.59. The second-order valence-corrected chi connectivity index (χ2v) is 35.7. The summed E-state index contributed by atoms with van der Waals surface area (Å²) in [5, 5.41) is 20.8. The maximum Gasteiger partial charge on any atom is 0.472 e. The van der Waals surface area contributed by atoms with E-state index < -0.39 is 91.5 Å². The van der Waals surface area contributed by atoms with Gasteiger partial charge in [-0.15, -0.1) is 0 Å². The van der Waals surface area contributed by atoms with Crippen LogP contribution in [0, 0.1) is 0 Å². The molecule has 0 aliphatic heterocycles. The zero-order valence-corrected chi connectivity index (χ0v) is 81.6. The van der Waals surface area contributed by atoms with Crippen LogP contribution in [-0.4, -0.2) is 95.9 Å². The zero-order valence-electron chi connectivity index (χ0n) is 79.9. The molecule has 0 amide bonds. The molecule has 5 unspecified atom stereocenters. The van der Waals surface area contributed by atoms with Gasteiger partial charge in [0.15, 0.2) is 6.10 Å². The maximum absolute atomic E-state index is 13.1. The highest BCUT2D eigenvalue weighted by Gasteiger charge is 2.30. The molecule has 0 radical (unpaired) electrons. The lowest BCUT2D eigenvalue weighted by molar-refractivity contribution is -0.161. The molecular weight excluding hydrogens is 1630 g/mol. The number of hydrogen-bond acceptors (Lipinski definition) is 14. The summed E-state index contributed by atoms with van der Waals surface area (Å²) < 4.78 is 61.7. The first kappa shape index (κ1) is 121. The molecule has 0 saturated heterocycles. The Morgan fingerprint density at radius 1 is 0.220 bits per heavy atom. The molecule has 0 aromatic heterocycles. The van der Waals surface area contributed by atoms with Crippen LogP contribution >= 0.6 is 15.6 Å². The molecule has 4 N–H and O–H groups in total. The number of aliphatic hydroxyl groups excluding tert-OH is 2. The van der Waals surface area contributed by atoms with Gasteiger partial charge in [0.2, 0.25) is 0 Å². The van der Waals surface area contributed by atoms with E-state index in [0.29, 0.717) is 19.3 Å². The number of hydrogen-bond donors (Lipinski definition) is 4. The highest BCUT2D eigenvalue weighted by molar-refractivity contribution is 7.47. The number of carbonyl (C=O) groups is 3. The van der Waals surface area contributed by atoms with E-state index >= 15 is 0 Å². The molecular formula is C109H180O16P2. The third-order valence-corrected chi connectivity index (χ3v) is 22.6. The summed E-state index contributed by atoms with van der Waals surface area (Å²) >= 11 is 0. The molecule has 0 aliphatic carbocycles.